The molecule has 1 aromatic heterocycles. The largest absolute Gasteiger partial charge is 0.316 e. The zero-order valence-electron chi connectivity index (χ0n) is 9.40. The van der Waals surface area contributed by atoms with Gasteiger partial charge in [-0.1, -0.05) is 20.8 Å². The fourth-order valence-electron chi connectivity index (χ4n) is 1.03. The lowest BCUT2D eigenvalue weighted by atomic mass is 9.92. The normalized spacial score (nSPS) is 12.9. The van der Waals surface area contributed by atoms with Gasteiger partial charge in [0.15, 0.2) is 5.57 Å². The van der Waals surface area contributed by atoms with Crippen LogP contribution in [0.4, 0.5) is 0 Å². The van der Waals surface area contributed by atoms with Gasteiger partial charge in [0.1, 0.15) is 7.14 Å². The summed E-state index contributed by atoms with van der Waals surface area (Å²) in [5.74, 6) is 0. The topological polar surface area (TPSA) is 42.9 Å². The molecule has 0 saturated heterocycles. The lowest BCUT2D eigenvalue weighted by Gasteiger charge is -2.18. The molecule has 0 bridgehead atoms. The van der Waals surface area contributed by atoms with Crippen LogP contribution in [0.3, 0.4) is 0 Å². The van der Waals surface area contributed by atoms with E-state index < -0.39 is 7.14 Å². The van der Waals surface area contributed by atoms with Gasteiger partial charge < -0.3 is 4.57 Å². The lowest BCUT2D eigenvalue weighted by Crippen LogP contribution is -2.21. The van der Waals surface area contributed by atoms with Crippen LogP contribution in [-0.2, 0) is 9.98 Å². The number of nitrogens with zero attached hydrogens (tertiary/aromatic N) is 2. The van der Waals surface area contributed by atoms with Gasteiger partial charge in [0, 0.05) is 17.3 Å². The SMILES string of the molecule is CC(C)(C)c1ccnc(P(C)(C)=O)n1. The van der Waals surface area contributed by atoms with Gasteiger partial charge in [0.25, 0.3) is 0 Å². The average molecular weight is 212 g/mol. The van der Waals surface area contributed by atoms with Crippen LogP contribution >= 0.6 is 7.14 Å². The summed E-state index contributed by atoms with van der Waals surface area (Å²) in [5.41, 5.74) is 1.39. The van der Waals surface area contributed by atoms with Crippen molar-refractivity contribution < 1.29 is 4.57 Å². The molecule has 1 aromatic rings. The Kier molecular flexibility index (Phi) is 2.82. The Morgan fingerprint density at radius 1 is 1.29 bits per heavy atom. The van der Waals surface area contributed by atoms with Gasteiger partial charge in [-0.3, -0.25) is 0 Å². The molecule has 3 nitrogen and oxygen atoms in total. The predicted molar refractivity (Wildman–Crippen MR) is 59.8 cm³/mol. The second kappa shape index (κ2) is 3.47. The van der Waals surface area contributed by atoms with Crippen molar-refractivity contribution in [1.82, 2.24) is 9.97 Å². The molecule has 0 aliphatic carbocycles. The summed E-state index contributed by atoms with van der Waals surface area (Å²) in [6.07, 6.45) is 1.68. The Labute approximate surface area is 85.3 Å². The number of hydrogen-bond donors (Lipinski definition) is 0. The molecule has 0 saturated carbocycles. The maximum Gasteiger partial charge on any atom is 0.188 e. The first-order valence-corrected chi connectivity index (χ1v) is 7.20. The van der Waals surface area contributed by atoms with E-state index in [9.17, 15) is 4.57 Å². The molecule has 0 spiro atoms. The van der Waals surface area contributed by atoms with E-state index in [1.165, 1.54) is 0 Å². The van der Waals surface area contributed by atoms with E-state index in [1.54, 1.807) is 19.5 Å². The lowest BCUT2D eigenvalue weighted by molar-refractivity contribution is 0.566. The standard InChI is InChI=1S/C10H17N2OP/c1-10(2,3)8-6-7-11-9(12-8)14(4,5)13/h6-7H,1-5H3. The van der Waals surface area contributed by atoms with Crippen molar-refractivity contribution in [3.8, 4) is 0 Å². The van der Waals surface area contributed by atoms with Crippen molar-refractivity contribution in [2.75, 3.05) is 13.3 Å². The maximum absolute atomic E-state index is 11.8. The van der Waals surface area contributed by atoms with Gasteiger partial charge in [0.2, 0.25) is 0 Å². The van der Waals surface area contributed by atoms with Gasteiger partial charge in [-0.15, -0.1) is 0 Å². The molecule has 0 unspecified atom stereocenters. The highest BCUT2D eigenvalue weighted by Gasteiger charge is 2.20. The molecule has 0 N–H and O–H groups in total. The zero-order chi connectivity index (χ0) is 11.0. The Morgan fingerprint density at radius 3 is 2.29 bits per heavy atom. The van der Waals surface area contributed by atoms with E-state index in [0.717, 1.165) is 5.69 Å². The number of aromatic nitrogens is 2. The molecular weight excluding hydrogens is 195 g/mol. The van der Waals surface area contributed by atoms with E-state index in [4.69, 9.17) is 0 Å². The quantitative estimate of drug-likeness (QED) is 0.669. The van der Waals surface area contributed by atoms with Crippen molar-refractivity contribution in [3.05, 3.63) is 18.0 Å². The summed E-state index contributed by atoms with van der Waals surface area (Å²) in [7, 11) is -2.34. The minimum Gasteiger partial charge on any atom is -0.316 e. The first-order valence-electron chi connectivity index (χ1n) is 4.60. The molecule has 78 valence electrons. The van der Waals surface area contributed by atoms with Crippen molar-refractivity contribution >= 4 is 12.7 Å². The van der Waals surface area contributed by atoms with Crippen molar-refractivity contribution in [3.63, 3.8) is 0 Å². The van der Waals surface area contributed by atoms with E-state index in [2.05, 4.69) is 30.7 Å². The zero-order valence-corrected chi connectivity index (χ0v) is 10.3. The molecule has 0 aliphatic heterocycles. The third-order valence-electron chi connectivity index (χ3n) is 1.89. The van der Waals surface area contributed by atoms with Gasteiger partial charge in [-0.25, -0.2) is 9.97 Å². The average Bonchev–Trinajstić information content (AvgIpc) is 2.01. The molecule has 0 aliphatic rings. The first-order chi connectivity index (χ1) is 6.21. The van der Waals surface area contributed by atoms with E-state index in [-0.39, 0.29) is 5.41 Å². The van der Waals surface area contributed by atoms with Crippen LogP contribution in [0.5, 0.6) is 0 Å². The van der Waals surface area contributed by atoms with Crippen LogP contribution in [0, 0.1) is 0 Å². The first kappa shape index (κ1) is 11.4. The number of hydrogen-bond acceptors (Lipinski definition) is 3. The fourth-order valence-corrected chi connectivity index (χ4v) is 1.72. The molecular formula is C10H17N2OP. The van der Waals surface area contributed by atoms with Gasteiger partial charge in [-0.2, -0.15) is 0 Å². The molecule has 0 fully saturated rings. The minimum absolute atomic E-state index is 0.0210. The Bertz CT molecular complexity index is 376. The monoisotopic (exact) mass is 212 g/mol. The second-order valence-electron chi connectivity index (χ2n) is 4.84. The molecule has 4 heteroatoms. The molecule has 14 heavy (non-hydrogen) atoms. The Morgan fingerprint density at radius 2 is 1.86 bits per heavy atom. The third kappa shape index (κ3) is 2.65. The molecule has 1 rings (SSSR count). The van der Waals surface area contributed by atoms with Gasteiger partial charge in [0.05, 0.1) is 0 Å². The summed E-state index contributed by atoms with van der Waals surface area (Å²) in [6, 6.07) is 1.87. The summed E-state index contributed by atoms with van der Waals surface area (Å²) >= 11 is 0. The summed E-state index contributed by atoms with van der Waals surface area (Å²) < 4.78 is 11.8. The summed E-state index contributed by atoms with van der Waals surface area (Å²) in [6.45, 7) is 9.61. The highest BCUT2D eigenvalue weighted by molar-refractivity contribution is 7.69. The Hall–Kier alpha value is -0.690. The van der Waals surface area contributed by atoms with Crippen molar-refractivity contribution in [2.24, 2.45) is 0 Å². The van der Waals surface area contributed by atoms with E-state index >= 15 is 0 Å². The molecule has 0 atom stereocenters. The summed E-state index contributed by atoms with van der Waals surface area (Å²) in [5, 5.41) is 0. The van der Waals surface area contributed by atoms with Gasteiger partial charge in [-0.05, 0) is 19.4 Å². The highest BCUT2D eigenvalue weighted by Crippen LogP contribution is 2.33. The van der Waals surface area contributed by atoms with Crippen LogP contribution < -0.4 is 5.57 Å². The minimum atomic E-state index is -2.34. The van der Waals surface area contributed by atoms with Crippen LogP contribution in [0.2, 0.25) is 0 Å². The van der Waals surface area contributed by atoms with Crippen LogP contribution in [0.25, 0.3) is 0 Å². The number of rotatable bonds is 1. The smallest absolute Gasteiger partial charge is 0.188 e. The maximum atomic E-state index is 11.8. The van der Waals surface area contributed by atoms with E-state index in [0.29, 0.717) is 5.57 Å². The fraction of sp³-hybridized carbons (Fsp3) is 0.600. The van der Waals surface area contributed by atoms with E-state index in [1.807, 2.05) is 6.07 Å². The van der Waals surface area contributed by atoms with Crippen molar-refractivity contribution in [2.45, 2.75) is 26.2 Å². The van der Waals surface area contributed by atoms with Crippen LogP contribution in [-0.4, -0.2) is 23.3 Å². The molecule has 0 radical (unpaired) electrons. The van der Waals surface area contributed by atoms with Crippen molar-refractivity contribution in [1.29, 1.82) is 0 Å². The molecule has 0 aromatic carbocycles. The highest BCUT2D eigenvalue weighted by atomic mass is 31.2. The second-order valence-corrected chi connectivity index (χ2v) is 7.94. The predicted octanol–water partition coefficient (Wildman–Crippen LogP) is 2.02. The summed E-state index contributed by atoms with van der Waals surface area (Å²) in [4.78, 5) is 8.39. The van der Waals surface area contributed by atoms with Crippen LogP contribution in [0.1, 0.15) is 26.5 Å². The Balaban J connectivity index is 3.22. The molecule has 1 heterocycles. The van der Waals surface area contributed by atoms with Crippen LogP contribution in [0.15, 0.2) is 12.3 Å². The molecule has 0 amide bonds. The third-order valence-corrected chi connectivity index (χ3v) is 3.07. The van der Waals surface area contributed by atoms with Gasteiger partial charge >= 0.3 is 0 Å².